The minimum atomic E-state index is -3.41. The van der Waals surface area contributed by atoms with Gasteiger partial charge < -0.3 is 9.88 Å². The second-order valence-electron chi connectivity index (χ2n) is 5.94. The van der Waals surface area contributed by atoms with Crippen LogP contribution in [0.25, 0.3) is 16.5 Å². The molecule has 1 aliphatic rings. The lowest BCUT2D eigenvalue weighted by Gasteiger charge is -2.21. The molecule has 0 saturated heterocycles. The number of hydrogen-bond acceptors (Lipinski definition) is 3. The number of aromatic nitrogens is 1. The lowest BCUT2D eigenvalue weighted by atomic mass is 9.99. The standard InChI is InChI=1S/C16H21N3O2S/c1-18(2)22(20,21)13-4-5-16-14(10-13)15(11-17-16)12-6-8-19(3)9-7-12/h4-6,10-11,17H,7-9H2,1-3H3. The number of H-pyrrole nitrogens is 1. The molecule has 0 aliphatic carbocycles. The van der Waals surface area contributed by atoms with E-state index in [0.717, 1.165) is 36.0 Å². The Kier molecular flexibility index (Phi) is 3.84. The maximum Gasteiger partial charge on any atom is 0.242 e. The van der Waals surface area contributed by atoms with Crippen LogP contribution in [0.2, 0.25) is 0 Å². The maximum atomic E-state index is 12.3. The second kappa shape index (κ2) is 5.53. The Morgan fingerprint density at radius 3 is 2.68 bits per heavy atom. The minimum Gasteiger partial charge on any atom is -0.361 e. The highest BCUT2D eigenvalue weighted by Gasteiger charge is 2.19. The first-order valence-electron chi connectivity index (χ1n) is 7.31. The number of rotatable bonds is 3. The zero-order valence-electron chi connectivity index (χ0n) is 13.1. The van der Waals surface area contributed by atoms with Crippen LogP contribution in [0.4, 0.5) is 0 Å². The van der Waals surface area contributed by atoms with Crippen molar-refractivity contribution in [2.75, 3.05) is 34.2 Å². The van der Waals surface area contributed by atoms with Gasteiger partial charge in [-0.15, -0.1) is 0 Å². The number of fused-ring (bicyclic) bond motifs is 1. The van der Waals surface area contributed by atoms with Crippen LogP contribution >= 0.6 is 0 Å². The zero-order chi connectivity index (χ0) is 15.9. The van der Waals surface area contributed by atoms with Gasteiger partial charge in [-0.3, -0.25) is 0 Å². The monoisotopic (exact) mass is 319 g/mol. The van der Waals surface area contributed by atoms with E-state index in [1.807, 2.05) is 12.3 Å². The summed E-state index contributed by atoms with van der Waals surface area (Å²) in [6.07, 6.45) is 5.18. The Morgan fingerprint density at radius 2 is 2.05 bits per heavy atom. The molecule has 0 saturated carbocycles. The summed E-state index contributed by atoms with van der Waals surface area (Å²) in [5.41, 5.74) is 3.36. The summed E-state index contributed by atoms with van der Waals surface area (Å²) in [5, 5.41) is 0.971. The van der Waals surface area contributed by atoms with Gasteiger partial charge in [0, 0.05) is 49.8 Å². The molecule has 1 aliphatic heterocycles. The van der Waals surface area contributed by atoms with E-state index in [9.17, 15) is 8.42 Å². The van der Waals surface area contributed by atoms with Gasteiger partial charge in [-0.25, -0.2) is 12.7 Å². The molecular formula is C16H21N3O2S. The van der Waals surface area contributed by atoms with Crippen LogP contribution in [0.3, 0.4) is 0 Å². The van der Waals surface area contributed by atoms with Crippen LogP contribution in [0.15, 0.2) is 35.4 Å². The topological polar surface area (TPSA) is 56.4 Å². The first-order chi connectivity index (χ1) is 10.4. The second-order valence-corrected chi connectivity index (χ2v) is 8.09. The third-order valence-electron chi connectivity index (χ3n) is 4.19. The van der Waals surface area contributed by atoms with Crippen LogP contribution in [0, 0.1) is 0 Å². The number of nitrogens with one attached hydrogen (secondary N) is 1. The molecule has 1 aromatic heterocycles. The van der Waals surface area contributed by atoms with Crippen molar-refractivity contribution in [1.82, 2.24) is 14.2 Å². The Hall–Kier alpha value is -1.63. The molecular weight excluding hydrogens is 298 g/mol. The first kappa shape index (κ1) is 15.3. The highest BCUT2D eigenvalue weighted by Crippen LogP contribution is 2.30. The van der Waals surface area contributed by atoms with Crippen molar-refractivity contribution in [2.24, 2.45) is 0 Å². The Bertz CT molecular complexity index is 834. The van der Waals surface area contributed by atoms with E-state index >= 15 is 0 Å². The normalized spacial score (nSPS) is 17.2. The fraction of sp³-hybridized carbons (Fsp3) is 0.375. The molecule has 0 spiro atoms. The van der Waals surface area contributed by atoms with Crippen molar-refractivity contribution in [3.8, 4) is 0 Å². The van der Waals surface area contributed by atoms with Crippen LogP contribution in [0.5, 0.6) is 0 Å². The molecule has 22 heavy (non-hydrogen) atoms. The molecule has 0 bridgehead atoms. The smallest absolute Gasteiger partial charge is 0.242 e. The van der Waals surface area contributed by atoms with Gasteiger partial charge in [-0.2, -0.15) is 0 Å². The van der Waals surface area contributed by atoms with Crippen molar-refractivity contribution in [2.45, 2.75) is 11.3 Å². The van der Waals surface area contributed by atoms with Gasteiger partial charge in [0.2, 0.25) is 10.0 Å². The third-order valence-corrected chi connectivity index (χ3v) is 6.00. The minimum absolute atomic E-state index is 0.333. The molecule has 0 fully saturated rings. The molecule has 6 heteroatoms. The Balaban J connectivity index is 2.10. The summed E-state index contributed by atoms with van der Waals surface area (Å²) < 4.78 is 25.9. The van der Waals surface area contributed by atoms with Crippen molar-refractivity contribution in [1.29, 1.82) is 0 Å². The molecule has 5 nitrogen and oxygen atoms in total. The van der Waals surface area contributed by atoms with Crippen molar-refractivity contribution < 1.29 is 8.42 Å². The predicted octanol–water partition coefficient (Wildman–Crippen LogP) is 2.14. The third kappa shape index (κ3) is 2.58. The summed E-state index contributed by atoms with van der Waals surface area (Å²) in [6, 6.07) is 5.27. The number of benzene rings is 1. The molecule has 118 valence electrons. The number of hydrogen-bond donors (Lipinski definition) is 1. The summed E-state index contributed by atoms with van der Waals surface area (Å²) in [5.74, 6) is 0. The predicted molar refractivity (Wildman–Crippen MR) is 89.3 cm³/mol. The molecule has 0 unspecified atom stereocenters. The van der Waals surface area contributed by atoms with E-state index in [1.165, 1.54) is 9.88 Å². The van der Waals surface area contributed by atoms with Crippen LogP contribution in [-0.4, -0.2) is 56.8 Å². The van der Waals surface area contributed by atoms with E-state index in [1.54, 1.807) is 26.2 Å². The van der Waals surface area contributed by atoms with E-state index in [2.05, 4.69) is 23.0 Å². The number of nitrogens with zero attached hydrogens (tertiary/aromatic N) is 2. The molecule has 2 heterocycles. The van der Waals surface area contributed by atoms with Gasteiger partial charge in [0.05, 0.1) is 4.90 Å². The Labute approximate surface area is 131 Å². The summed E-state index contributed by atoms with van der Waals surface area (Å²) in [7, 11) is 1.80. The van der Waals surface area contributed by atoms with Crippen LogP contribution in [0.1, 0.15) is 12.0 Å². The van der Waals surface area contributed by atoms with Gasteiger partial charge in [-0.05, 0) is 37.2 Å². The molecule has 0 amide bonds. The number of aromatic amines is 1. The average Bonchev–Trinajstić information content (AvgIpc) is 2.91. The summed E-state index contributed by atoms with van der Waals surface area (Å²) in [4.78, 5) is 5.84. The molecule has 2 aromatic rings. The molecule has 0 atom stereocenters. The molecule has 3 rings (SSSR count). The lowest BCUT2D eigenvalue weighted by molar-refractivity contribution is 0.370. The quantitative estimate of drug-likeness (QED) is 0.943. The van der Waals surface area contributed by atoms with Gasteiger partial charge >= 0.3 is 0 Å². The highest BCUT2D eigenvalue weighted by atomic mass is 32.2. The molecule has 1 N–H and O–H groups in total. The van der Waals surface area contributed by atoms with Gasteiger partial charge in [0.15, 0.2) is 0 Å². The van der Waals surface area contributed by atoms with Crippen molar-refractivity contribution in [3.05, 3.63) is 36.0 Å². The van der Waals surface area contributed by atoms with Crippen molar-refractivity contribution >= 4 is 26.5 Å². The summed E-state index contributed by atoms with van der Waals surface area (Å²) >= 11 is 0. The van der Waals surface area contributed by atoms with Crippen molar-refractivity contribution in [3.63, 3.8) is 0 Å². The van der Waals surface area contributed by atoms with E-state index in [-0.39, 0.29) is 0 Å². The lowest BCUT2D eigenvalue weighted by Crippen LogP contribution is -2.23. The summed E-state index contributed by atoms with van der Waals surface area (Å²) in [6.45, 7) is 1.95. The maximum absolute atomic E-state index is 12.3. The van der Waals surface area contributed by atoms with E-state index < -0.39 is 10.0 Å². The largest absolute Gasteiger partial charge is 0.361 e. The van der Waals surface area contributed by atoms with Gasteiger partial charge in [0.1, 0.15) is 0 Å². The van der Waals surface area contributed by atoms with E-state index in [4.69, 9.17) is 0 Å². The van der Waals surface area contributed by atoms with Gasteiger partial charge in [0.25, 0.3) is 0 Å². The van der Waals surface area contributed by atoms with Gasteiger partial charge in [-0.1, -0.05) is 6.08 Å². The number of likely N-dealkylation sites (N-methyl/N-ethyl adjacent to an activating group) is 1. The number of sulfonamides is 1. The van der Waals surface area contributed by atoms with Crippen LogP contribution < -0.4 is 0 Å². The fourth-order valence-corrected chi connectivity index (χ4v) is 3.68. The van der Waals surface area contributed by atoms with Crippen LogP contribution in [-0.2, 0) is 10.0 Å². The average molecular weight is 319 g/mol. The Morgan fingerprint density at radius 1 is 1.27 bits per heavy atom. The van der Waals surface area contributed by atoms with E-state index in [0.29, 0.717) is 4.90 Å². The SMILES string of the molecule is CN1CC=C(c2c[nH]c3ccc(S(=O)(=O)N(C)C)cc23)CC1. The molecule has 0 radical (unpaired) electrons. The highest BCUT2D eigenvalue weighted by molar-refractivity contribution is 7.89. The fourth-order valence-electron chi connectivity index (χ4n) is 2.75. The first-order valence-corrected chi connectivity index (χ1v) is 8.75. The molecule has 1 aromatic carbocycles. The zero-order valence-corrected chi connectivity index (χ0v) is 13.9.